The number of methoxy groups -OCH3 is 1. The molecule has 1 aromatic heterocycles. The van der Waals surface area contributed by atoms with Crippen molar-refractivity contribution in [2.45, 2.75) is 19.4 Å². The van der Waals surface area contributed by atoms with Crippen LogP contribution in [0.15, 0.2) is 53.3 Å². The first-order valence-corrected chi connectivity index (χ1v) is 12.1. The van der Waals surface area contributed by atoms with E-state index in [1.807, 2.05) is 37.3 Å². The van der Waals surface area contributed by atoms with E-state index in [4.69, 9.17) is 23.0 Å². The fraction of sp³-hybridized carbons (Fsp3) is 0.318. The molecule has 32 heavy (non-hydrogen) atoms. The van der Waals surface area contributed by atoms with Crippen molar-refractivity contribution in [3.05, 3.63) is 79.9 Å². The minimum atomic E-state index is -3.75. The number of thiazole rings is 1. The quantitative estimate of drug-likeness (QED) is 0.392. The van der Waals surface area contributed by atoms with Crippen molar-refractivity contribution >= 4 is 19.2 Å². The van der Waals surface area contributed by atoms with Gasteiger partial charge in [-0.3, -0.25) is 18.4 Å². The Hall–Kier alpha value is -2.42. The van der Waals surface area contributed by atoms with E-state index >= 15 is 0 Å². The molecule has 10 heteroatoms. The molecule has 0 saturated heterocycles. The molecule has 0 spiro atoms. The Morgan fingerprint density at radius 2 is 1.75 bits per heavy atom. The zero-order chi connectivity index (χ0) is 23.1. The number of aryl methyl sites for hydroxylation is 1. The highest BCUT2D eigenvalue weighted by molar-refractivity contribution is 7.48. The Bertz CT molecular complexity index is 1120. The van der Waals surface area contributed by atoms with Crippen molar-refractivity contribution < 1.29 is 27.6 Å². The normalized spacial score (nSPS) is 12.5. The highest BCUT2D eigenvalue weighted by atomic mass is 32.1. The number of rotatable bonds is 11. The highest BCUT2D eigenvalue weighted by Crippen LogP contribution is 2.51. The molecule has 0 aliphatic rings. The van der Waals surface area contributed by atoms with Gasteiger partial charge in [0, 0.05) is 31.2 Å². The zero-order valence-electron chi connectivity index (χ0n) is 18.3. The molecule has 0 amide bonds. The van der Waals surface area contributed by atoms with Crippen molar-refractivity contribution in [2.24, 2.45) is 0 Å². The van der Waals surface area contributed by atoms with Gasteiger partial charge in [0.15, 0.2) is 0 Å². The van der Waals surface area contributed by atoms with Crippen LogP contribution in [0.3, 0.4) is 0 Å². The van der Waals surface area contributed by atoms with E-state index in [9.17, 15) is 9.36 Å². The van der Waals surface area contributed by atoms with Crippen LogP contribution in [0.25, 0.3) is 0 Å². The van der Waals surface area contributed by atoms with Gasteiger partial charge in [0.05, 0.1) is 7.11 Å². The molecular weight excluding hydrogens is 453 g/mol. The Kier molecular flexibility index (Phi) is 8.28. The summed E-state index contributed by atoms with van der Waals surface area (Å²) in [6, 6.07) is 14.8. The molecule has 1 unspecified atom stereocenters. The first-order valence-electron chi connectivity index (χ1n) is 9.80. The van der Waals surface area contributed by atoms with Crippen LogP contribution in [0.2, 0.25) is 0 Å². The predicted octanol–water partition coefficient (Wildman–Crippen LogP) is 4.88. The molecule has 0 radical (unpaired) electrons. The first kappa shape index (κ1) is 24.2. The van der Waals surface area contributed by atoms with Gasteiger partial charge in [0.2, 0.25) is 0 Å². The number of H-pyrrole nitrogens is 1. The number of aromatic nitrogens is 1. The van der Waals surface area contributed by atoms with Crippen molar-refractivity contribution in [3.8, 4) is 11.5 Å². The summed E-state index contributed by atoms with van der Waals surface area (Å²) in [6.45, 7) is 1.96. The van der Waals surface area contributed by atoms with E-state index in [2.05, 4.69) is 4.98 Å². The second-order valence-electron chi connectivity index (χ2n) is 6.88. The van der Waals surface area contributed by atoms with Crippen LogP contribution in [-0.2, 0) is 24.6 Å². The molecule has 0 fully saturated rings. The second-order valence-corrected chi connectivity index (χ2v) is 9.78. The maximum atomic E-state index is 12.6. The predicted molar refractivity (Wildman–Crippen MR) is 123 cm³/mol. The smallest absolute Gasteiger partial charge is 0.474 e. The van der Waals surface area contributed by atoms with Gasteiger partial charge in [-0.25, -0.2) is 4.57 Å². The number of hydrogen-bond acceptors (Lipinski definition) is 8. The van der Waals surface area contributed by atoms with Crippen LogP contribution < -0.4 is 14.3 Å². The summed E-state index contributed by atoms with van der Waals surface area (Å²) in [7, 11) is 0.339. The Morgan fingerprint density at radius 1 is 1.03 bits per heavy atom. The molecule has 2 aromatic carbocycles. The largest absolute Gasteiger partial charge is 0.497 e. The summed E-state index contributed by atoms with van der Waals surface area (Å²) in [5.41, 5.74) is 2.65. The van der Waals surface area contributed by atoms with Crippen molar-refractivity contribution in [1.82, 2.24) is 4.98 Å². The van der Waals surface area contributed by atoms with Gasteiger partial charge < -0.3 is 14.5 Å². The van der Waals surface area contributed by atoms with Crippen LogP contribution in [-0.4, -0.2) is 32.9 Å². The SMILES string of the molecule is COc1cccc(C(COc2ccc(Cc3sc(=O)[nH]c3C)cc2)OP(=O)(OC)OC)c1. The Balaban J connectivity index is 1.72. The van der Waals surface area contributed by atoms with Crippen molar-refractivity contribution in [2.75, 3.05) is 27.9 Å². The van der Waals surface area contributed by atoms with Crippen LogP contribution in [0.4, 0.5) is 0 Å². The lowest BCUT2D eigenvalue weighted by atomic mass is 10.1. The fourth-order valence-electron chi connectivity index (χ4n) is 3.01. The molecule has 1 N–H and O–H groups in total. The lowest BCUT2D eigenvalue weighted by molar-refractivity contribution is 0.0718. The molecule has 0 aliphatic heterocycles. The number of ether oxygens (including phenoxy) is 2. The third kappa shape index (κ3) is 6.31. The fourth-order valence-corrected chi connectivity index (χ4v) is 4.70. The van der Waals surface area contributed by atoms with E-state index in [1.54, 1.807) is 25.3 Å². The summed E-state index contributed by atoms with van der Waals surface area (Å²) >= 11 is 1.22. The van der Waals surface area contributed by atoms with Crippen LogP contribution in [0.1, 0.15) is 27.8 Å². The number of hydrogen-bond donors (Lipinski definition) is 1. The second kappa shape index (κ2) is 10.9. The number of nitrogens with one attached hydrogen (secondary N) is 1. The van der Waals surface area contributed by atoms with Gasteiger partial charge in [0.1, 0.15) is 24.2 Å². The number of phosphoric ester groups is 1. The van der Waals surface area contributed by atoms with E-state index < -0.39 is 13.9 Å². The molecule has 0 saturated carbocycles. The van der Waals surface area contributed by atoms with E-state index in [-0.39, 0.29) is 11.5 Å². The van der Waals surface area contributed by atoms with E-state index in [0.29, 0.717) is 23.5 Å². The topological polar surface area (TPSA) is 96.1 Å². The summed E-state index contributed by atoms with van der Waals surface area (Å²) < 4.78 is 39.3. The molecule has 1 atom stereocenters. The summed E-state index contributed by atoms with van der Waals surface area (Å²) in [4.78, 5) is 15.2. The number of phosphoric acid groups is 1. The van der Waals surface area contributed by atoms with Gasteiger partial charge >= 0.3 is 12.7 Å². The molecule has 0 aliphatic carbocycles. The molecule has 0 bridgehead atoms. The van der Waals surface area contributed by atoms with E-state index in [0.717, 1.165) is 16.1 Å². The van der Waals surface area contributed by atoms with Crippen LogP contribution >= 0.6 is 19.2 Å². The Morgan fingerprint density at radius 3 is 2.34 bits per heavy atom. The minimum absolute atomic E-state index is 0.0505. The van der Waals surface area contributed by atoms with Crippen molar-refractivity contribution in [3.63, 3.8) is 0 Å². The van der Waals surface area contributed by atoms with Crippen LogP contribution in [0.5, 0.6) is 11.5 Å². The average molecular weight is 479 g/mol. The Labute approximate surface area is 190 Å². The van der Waals surface area contributed by atoms with Crippen molar-refractivity contribution in [1.29, 1.82) is 0 Å². The van der Waals surface area contributed by atoms with E-state index in [1.165, 1.54) is 25.6 Å². The molecule has 8 nitrogen and oxygen atoms in total. The average Bonchev–Trinajstić information content (AvgIpc) is 3.13. The standard InChI is InChI=1S/C22H26NO7PS/c1-15-21(32-22(24)23-15)12-16-8-10-18(11-9-16)29-14-20(30-31(25,27-3)28-4)17-6-5-7-19(13-17)26-2/h5-11,13,20H,12,14H2,1-4H3,(H,23,24). The first-order chi connectivity index (χ1) is 15.4. The van der Waals surface area contributed by atoms with Crippen LogP contribution in [0, 0.1) is 6.92 Å². The molecule has 1 heterocycles. The molecular formula is C22H26NO7PS. The third-order valence-corrected chi connectivity index (χ3v) is 7.17. The minimum Gasteiger partial charge on any atom is -0.497 e. The third-order valence-electron chi connectivity index (χ3n) is 4.78. The highest BCUT2D eigenvalue weighted by Gasteiger charge is 2.30. The lowest BCUT2D eigenvalue weighted by Gasteiger charge is -2.23. The molecule has 3 rings (SSSR count). The van der Waals surface area contributed by atoms with Gasteiger partial charge in [-0.05, 0) is 42.3 Å². The summed E-state index contributed by atoms with van der Waals surface area (Å²) in [5.74, 6) is 1.25. The van der Waals surface area contributed by atoms with Gasteiger partial charge in [0.25, 0.3) is 0 Å². The summed E-state index contributed by atoms with van der Waals surface area (Å²) in [5, 5.41) is 0. The maximum Gasteiger partial charge on any atom is 0.474 e. The molecule has 172 valence electrons. The van der Waals surface area contributed by atoms with Gasteiger partial charge in [-0.1, -0.05) is 35.6 Å². The summed E-state index contributed by atoms with van der Waals surface area (Å²) in [6.07, 6.45) is -0.0640. The number of aromatic amines is 1. The van der Waals surface area contributed by atoms with Gasteiger partial charge in [-0.15, -0.1) is 0 Å². The zero-order valence-corrected chi connectivity index (χ0v) is 20.0. The maximum absolute atomic E-state index is 12.6. The lowest BCUT2D eigenvalue weighted by Crippen LogP contribution is -2.14. The molecule has 3 aromatic rings. The number of benzene rings is 2. The monoisotopic (exact) mass is 479 g/mol. The van der Waals surface area contributed by atoms with Gasteiger partial charge in [-0.2, -0.15) is 0 Å².